The Kier molecular flexibility index (Phi) is 3.80. The van der Waals surface area contributed by atoms with E-state index in [0.717, 1.165) is 38.6 Å². The van der Waals surface area contributed by atoms with Crippen molar-refractivity contribution >= 4 is 27.5 Å². The summed E-state index contributed by atoms with van der Waals surface area (Å²) in [7, 11) is 4.06. The van der Waals surface area contributed by atoms with Crippen LogP contribution in [0.25, 0.3) is 21.8 Å². The van der Waals surface area contributed by atoms with E-state index in [-0.39, 0.29) is 0 Å². The van der Waals surface area contributed by atoms with Crippen LogP contribution >= 0.6 is 0 Å². The third kappa shape index (κ3) is 2.90. The van der Waals surface area contributed by atoms with Gasteiger partial charge in [0.2, 0.25) is 0 Å². The van der Waals surface area contributed by atoms with Crippen molar-refractivity contribution in [1.29, 1.82) is 0 Å². The SMILES string of the molecule is CN(C)c1ccc(C#Cc2cc3cccnc3c3ncccc23)cc1. The predicted octanol–water partition coefficient (Wildman–Crippen LogP) is 4.25. The van der Waals surface area contributed by atoms with Gasteiger partial charge in [-0.2, -0.15) is 0 Å². The molecular formula is C22H17N3. The van der Waals surface area contributed by atoms with Crippen molar-refractivity contribution in [2.24, 2.45) is 0 Å². The van der Waals surface area contributed by atoms with Gasteiger partial charge in [-0.25, -0.2) is 0 Å². The highest BCUT2D eigenvalue weighted by Gasteiger charge is 2.06. The number of hydrogen-bond donors (Lipinski definition) is 0. The van der Waals surface area contributed by atoms with Crippen LogP contribution in [0.1, 0.15) is 11.1 Å². The molecule has 0 spiro atoms. The molecule has 0 bridgehead atoms. The van der Waals surface area contributed by atoms with Crippen LogP contribution in [0.15, 0.2) is 67.0 Å². The Hall–Kier alpha value is -3.38. The Bertz CT molecular complexity index is 1120. The first-order valence-corrected chi connectivity index (χ1v) is 8.14. The van der Waals surface area contributed by atoms with Crippen molar-refractivity contribution in [1.82, 2.24) is 9.97 Å². The third-order valence-corrected chi connectivity index (χ3v) is 4.19. The number of anilines is 1. The number of pyridine rings is 2. The first kappa shape index (κ1) is 15.2. The minimum absolute atomic E-state index is 0.896. The Morgan fingerprint density at radius 2 is 1.52 bits per heavy atom. The second kappa shape index (κ2) is 6.26. The first-order valence-electron chi connectivity index (χ1n) is 8.14. The van der Waals surface area contributed by atoms with Gasteiger partial charge in [-0.1, -0.05) is 17.9 Å². The summed E-state index contributed by atoms with van der Waals surface area (Å²) >= 11 is 0. The number of fused-ring (bicyclic) bond motifs is 3. The normalized spacial score (nSPS) is 10.5. The molecule has 3 nitrogen and oxygen atoms in total. The van der Waals surface area contributed by atoms with Crippen LogP contribution in [-0.4, -0.2) is 24.1 Å². The highest BCUT2D eigenvalue weighted by molar-refractivity contribution is 6.05. The van der Waals surface area contributed by atoms with Crippen LogP contribution < -0.4 is 4.90 Å². The molecule has 0 aliphatic rings. The monoisotopic (exact) mass is 323 g/mol. The Morgan fingerprint density at radius 1 is 0.800 bits per heavy atom. The molecule has 2 aromatic heterocycles. The van der Waals surface area contributed by atoms with Gasteiger partial charge in [-0.15, -0.1) is 0 Å². The predicted molar refractivity (Wildman–Crippen MR) is 104 cm³/mol. The maximum absolute atomic E-state index is 4.52. The van der Waals surface area contributed by atoms with E-state index >= 15 is 0 Å². The standard InChI is InChI=1S/C22H17N3/c1-25(2)19-11-8-16(9-12-19)7-10-17-15-18-5-3-13-23-21(18)22-20(17)6-4-14-24-22/h3-6,8-9,11-15H,1-2H3. The van der Waals surface area contributed by atoms with E-state index < -0.39 is 0 Å². The van der Waals surface area contributed by atoms with Gasteiger partial charge in [0.1, 0.15) is 0 Å². The van der Waals surface area contributed by atoms with Crippen LogP contribution in [0, 0.1) is 11.8 Å². The molecule has 0 fully saturated rings. The van der Waals surface area contributed by atoms with Gasteiger partial charge in [-0.05, 0) is 48.5 Å². The minimum atomic E-state index is 0.896. The molecule has 4 aromatic rings. The van der Waals surface area contributed by atoms with E-state index in [1.807, 2.05) is 44.4 Å². The van der Waals surface area contributed by atoms with Crippen LogP contribution in [0.4, 0.5) is 5.69 Å². The van der Waals surface area contributed by atoms with Crippen molar-refractivity contribution in [2.75, 3.05) is 19.0 Å². The second-order valence-corrected chi connectivity index (χ2v) is 6.09. The van der Waals surface area contributed by atoms with Gasteiger partial charge in [0, 0.05) is 54.1 Å². The smallest absolute Gasteiger partial charge is 0.0977 e. The first-order chi connectivity index (χ1) is 12.2. The maximum Gasteiger partial charge on any atom is 0.0977 e. The minimum Gasteiger partial charge on any atom is -0.378 e. The summed E-state index contributed by atoms with van der Waals surface area (Å²) in [6.45, 7) is 0. The van der Waals surface area contributed by atoms with Gasteiger partial charge in [-0.3, -0.25) is 9.97 Å². The van der Waals surface area contributed by atoms with E-state index in [0.29, 0.717) is 0 Å². The second-order valence-electron chi connectivity index (χ2n) is 6.09. The molecule has 0 aliphatic heterocycles. The number of benzene rings is 2. The molecule has 0 saturated carbocycles. The molecule has 0 atom stereocenters. The van der Waals surface area contributed by atoms with Gasteiger partial charge >= 0.3 is 0 Å². The van der Waals surface area contributed by atoms with E-state index in [2.05, 4.69) is 51.0 Å². The topological polar surface area (TPSA) is 29.0 Å². The molecule has 3 heteroatoms. The van der Waals surface area contributed by atoms with Crippen molar-refractivity contribution in [3.05, 3.63) is 78.1 Å². The average molecular weight is 323 g/mol. The molecule has 0 unspecified atom stereocenters. The van der Waals surface area contributed by atoms with E-state index in [9.17, 15) is 0 Å². The lowest BCUT2D eigenvalue weighted by Crippen LogP contribution is -2.07. The summed E-state index contributed by atoms with van der Waals surface area (Å²) in [5.74, 6) is 6.58. The molecule has 2 aromatic carbocycles. The third-order valence-electron chi connectivity index (χ3n) is 4.19. The fraction of sp³-hybridized carbons (Fsp3) is 0.0909. The lowest BCUT2D eigenvalue weighted by Gasteiger charge is -2.11. The molecule has 0 N–H and O–H groups in total. The number of hydrogen-bond acceptors (Lipinski definition) is 3. The van der Waals surface area contributed by atoms with Gasteiger partial charge in [0.05, 0.1) is 11.0 Å². The van der Waals surface area contributed by atoms with Crippen molar-refractivity contribution in [3.63, 3.8) is 0 Å². The van der Waals surface area contributed by atoms with E-state index in [1.165, 1.54) is 0 Å². The van der Waals surface area contributed by atoms with Crippen molar-refractivity contribution in [2.45, 2.75) is 0 Å². The summed E-state index contributed by atoms with van der Waals surface area (Å²) < 4.78 is 0. The average Bonchev–Trinajstić information content (AvgIpc) is 2.66. The Morgan fingerprint density at radius 3 is 2.28 bits per heavy atom. The molecule has 0 aliphatic carbocycles. The molecule has 0 radical (unpaired) electrons. The number of aromatic nitrogens is 2. The lowest BCUT2D eigenvalue weighted by atomic mass is 10.0. The maximum atomic E-state index is 4.52. The summed E-state index contributed by atoms with van der Waals surface area (Å²) in [5, 5.41) is 2.09. The summed E-state index contributed by atoms with van der Waals surface area (Å²) in [6.07, 6.45) is 3.60. The molecule has 25 heavy (non-hydrogen) atoms. The van der Waals surface area contributed by atoms with Gasteiger partial charge in [0.25, 0.3) is 0 Å². The summed E-state index contributed by atoms with van der Waals surface area (Å²) in [6, 6.07) is 18.3. The highest BCUT2D eigenvalue weighted by Crippen LogP contribution is 2.25. The molecule has 120 valence electrons. The molecule has 2 heterocycles. The Balaban J connectivity index is 1.84. The lowest BCUT2D eigenvalue weighted by molar-refractivity contribution is 1.13. The zero-order chi connectivity index (χ0) is 17.2. The van der Waals surface area contributed by atoms with Gasteiger partial charge in [0.15, 0.2) is 0 Å². The van der Waals surface area contributed by atoms with E-state index in [1.54, 1.807) is 12.4 Å². The van der Waals surface area contributed by atoms with Crippen LogP contribution in [0.2, 0.25) is 0 Å². The van der Waals surface area contributed by atoms with Crippen LogP contribution in [0.3, 0.4) is 0 Å². The summed E-state index contributed by atoms with van der Waals surface area (Å²) in [4.78, 5) is 11.1. The van der Waals surface area contributed by atoms with Crippen molar-refractivity contribution < 1.29 is 0 Å². The zero-order valence-corrected chi connectivity index (χ0v) is 14.2. The largest absolute Gasteiger partial charge is 0.378 e. The molecule has 0 amide bonds. The number of nitrogens with zero attached hydrogens (tertiary/aromatic N) is 3. The quantitative estimate of drug-likeness (QED) is 0.387. The van der Waals surface area contributed by atoms with Crippen LogP contribution in [0.5, 0.6) is 0 Å². The molecular weight excluding hydrogens is 306 g/mol. The van der Waals surface area contributed by atoms with Crippen molar-refractivity contribution in [3.8, 4) is 11.8 Å². The fourth-order valence-corrected chi connectivity index (χ4v) is 2.86. The summed E-state index contributed by atoms with van der Waals surface area (Å²) in [5.41, 5.74) is 4.94. The zero-order valence-electron chi connectivity index (χ0n) is 14.2. The fourth-order valence-electron chi connectivity index (χ4n) is 2.86. The molecule has 0 saturated heterocycles. The number of rotatable bonds is 1. The van der Waals surface area contributed by atoms with Crippen LogP contribution in [-0.2, 0) is 0 Å². The van der Waals surface area contributed by atoms with E-state index in [4.69, 9.17) is 0 Å². The van der Waals surface area contributed by atoms with Gasteiger partial charge < -0.3 is 4.90 Å². The molecule has 4 rings (SSSR count). The highest BCUT2D eigenvalue weighted by atomic mass is 15.1. The Labute approximate surface area is 147 Å².